The summed E-state index contributed by atoms with van der Waals surface area (Å²) in [5.74, 6) is -0.522. The van der Waals surface area contributed by atoms with Crippen LogP contribution in [0.25, 0.3) is 0 Å². The van der Waals surface area contributed by atoms with Gasteiger partial charge in [0.2, 0.25) is 5.91 Å². The minimum atomic E-state index is -0.498. The lowest BCUT2D eigenvalue weighted by Crippen LogP contribution is -2.40. The van der Waals surface area contributed by atoms with Crippen molar-refractivity contribution in [3.63, 3.8) is 0 Å². The monoisotopic (exact) mass is 393 g/mol. The maximum absolute atomic E-state index is 11.0. The second-order valence-corrected chi connectivity index (χ2v) is 4.71. The first-order chi connectivity index (χ1) is 13.7. The molecule has 2 aromatic rings. The summed E-state index contributed by atoms with van der Waals surface area (Å²) in [7, 11) is 3.31. The van der Waals surface area contributed by atoms with Crippen LogP contribution in [-0.4, -0.2) is 49.5 Å². The second-order valence-electron chi connectivity index (χ2n) is 4.71. The van der Waals surface area contributed by atoms with Crippen molar-refractivity contribution in [2.24, 2.45) is 0 Å². The molecule has 0 aliphatic carbocycles. The van der Waals surface area contributed by atoms with Gasteiger partial charge in [0.1, 0.15) is 6.04 Å². The van der Waals surface area contributed by atoms with Crippen molar-refractivity contribution in [1.29, 1.82) is 0 Å². The van der Waals surface area contributed by atoms with Gasteiger partial charge in [-0.15, -0.1) is 0 Å². The molecule has 1 unspecified atom stereocenters. The number of ether oxygens (including phenoxy) is 1. The van der Waals surface area contributed by atoms with E-state index >= 15 is 0 Å². The molecule has 6 heteroatoms. The summed E-state index contributed by atoms with van der Waals surface area (Å²) in [6, 6.07) is 23.5. The molecule has 0 fully saturated rings. The number of aliphatic hydroxyl groups is 2. The molecule has 158 valence electrons. The summed E-state index contributed by atoms with van der Waals surface area (Å²) in [5.41, 5.74) is 0. The van der Waals surface area contributed by atoms with E-state index in [0.29, 0.717) is 12.8 Å². The Morgan fingerprint density at radius 1 is 0.750 bits per heavy atom. The zero-order chi connectivity index (χ0) is 22.0. The van der Waals surface area contributed by atoms with Gasteiger partial charge in [0.25, 0.3) is 0 Å². The molecular weight excluding hydrogens is 358 g/mol. The number of rotatable bonds is 4. The Labute approximate surface area is 169 Å². The standard InChI is InChI=1S/C8H15NO3.2C6H6.2CH4O/c1-4-6(8(11)12-3)9-7(10)5-2;2*1-2-4-6-5-3-1;2*1-2/h6H,4-5H2,1-3H3,(H,9,10);2*1-6H;2*2H,1H3. The van der Waals surface area contributed by atoms with Crippen LogP contribution in [0.4, 0.5) is 0 Å². The maximum atomic E-state index is 11.0. The average molecular weight is 394 g/mol. The first-order valence-corrected chi connectivity index (χ1v) is 8.92. The van der Waals surface area contributed by atoms with E-state index in [1.807, 2.05) is 79.7 Å². The first-order valence-electron chi connectivity index (χ1n) is 8.92. The van der Waals surface area contributed by atoms with Crippen LogP contribution >= 0.6 is 0 Å². The van der Waals surface area contributed by atoms with E-state index in [9.17, 15) is 9.59 Å². The van der Waals surface area contributed by atoms with Crippen LogP contribution in [0.5, 0.6) is 0 Å². The van der Waals surface area contributed by atoms with Gasteiger partial charge < -0.3 is 20.3 Å². The number of esters is 1. The molecular formula is C22H35NO5. The molecule has 0 aliphatic heterocycles. The quantitative estimate of drug-likeness (QED) is 0.694. The summed E-state index contributed by atoms with van der Waals surface area (Å²) in [6.45, 7) is 3.55. The van der Waals surface area contributed by atoms with E-state index in [4.69, 9.17) is 10.2 Å². The third-order valence-corrected chi connectivity index (χ3v) is 2.88. The number of hydrogen-bond donors (Lipinski definition) is 3. The van der Waals surface area contributed by atoms with Gasteiger partial charge in [-0.05, 0) is 6.42 Å². The molecule has 1 atom stereocenters. The predicted molar refractivity (Wildman–Crippen MR) is 114 cm³/mol. The molecule has 3 N–H and O–H groups in total. The number of amides is 1. The van der Waals surface area contributed by atoms with Gasteiger partial charge in [0.15, 0.2) is 0 Å². The van der Waals surface area contributed by atoms with Crippen LogP contribution in [0, 0.1) is 0 Å². The van der Waals surface area contributed by atoms with Gasteiger partial charge in [-0.25, -0.2) is 4.79 Å². The highest BCUT2D eigenvalue weighted by molar-refractivity contribution is 5.84. The van der Waals surface area contributed by atoms with Crippen LogP contribution in [0.15, 0.2) is 72.8 Å². The lowest BCUT2D eigenvalue weighted by atomic mass is 10.2. The fraction of sp³-hybridized carbons (Fsp3) is 0.364. The molecule has 0 saturated carbocycles. The normalized spacial score (nSPS) is 8.96. The Hall–Kier alpha value is -2.70. The molecule has 28 heavy (non-hydrogen) atoms. The van der Waals surface area contributed by atoms with Gasteiger partial charge >= 0.3 is 5.97 Å². The van der Waals surface area contributed by atoms with Crippen molar-refractivity contribution in [1.82, 2.24) is 5.32 Å². The molecule has 0 heterocycles. The van der Waals surface area contributed by atoms with Crippen LogP contribution in [0.3, 0.4) is 0 Å². The zero-order valence-corrected chi connectivity index (χ0v) is 17.5. The summed E-state index contributed by atoms with van der Waals surface area (Å²) < 4.78 is 4.49. The van der Waals surface area contributed by atoms with Crippen molar-refractivity contribution < 1.29 is 24.5 Å². The van der Waals surface area contributed by atoms with Crippen LogP contribution in [0.1, 0.15) is 26.7 Å². The SMILES string of the molecule is CCC(=O)NC(CC)C(=O)OC.CO.CO.c1ccccc1.c1ccccc1. The Morgan fingerprint density at radius 2 is 1.04 bits per heavy atom. The van der Waals surface area contributed by atoms with Gasteiger partial charge in [-0.3, -0.25) is 4.79 Å². The number of hydrogen-bond acceptors (Lipinski definition) is 5. The number of aliphatic hydroxyl groups excluding tert-OH is 2. The summed E-state index contributed by atoms with van der Waals surface area (Å²) in [5, 5.41) is 16.6. The van der Waals surface area contributed by atoms with Crippen molar-refractivity contribution in [2.45, 2.75) is 32.7 Å². The van der Waals surface area contributed by atoms with Gasteiger partial charge in [0, 0.05) is 20.6 Å². The van der Waals surface area contributed by atoms with E-state index in [2.05, 4.69) is 10.1 Å². The maximum Gasteiger partial charge on any atom is 0.328 e. The van der Waals surface area contributed by atoms with Crippen LogP contribution in [0.2, 0.25) is 0 Å². The molecule has 6 nitrogen and oxygen atoms in total. The molecule has 0 radical (unpaired) electrons. The summed E-state index contributed by atoms with van der Waals surface area (Å²) in [4.78, 5) is 21.8. The van der Waals surface area contributed by atoms with E-state index < -0.39 is 6.04 Å². The minimum Gasteiger partial charge on any atom is -0.467 e. The third-order valence-electron chi connectivity index (χ3n) is 2.88. The fourth-order valence-corrected chi connectivity index (χ4v) is 1.54. The van der Waals surface area contributed by atoms with Crippen LogP contribution < -0.4 is 5.32 Å². The van der Waals surface area contributed by atoms with Gasteiger partial charge in [-0.2, -0.15) is 0 Å². The Morgan fingerprint density at radius 3 is 1.21 bits per heavy atom. The highest BCUT2D eigenvalue weighted by Crippen LogP contribution is 1.94. The molecule has 0 aromatic heterocycles. The molecule has 1 amide bonds. The number of methoxy groups -OCH3 is 1. The lowest BCUT2D eigenvalue weighted by Gasteiger charge is -2.13. The molecule has 0 aliphatic rings. The van der Waals surface area contributed by atoms with Crippen molar-refractivity contribution >= 4 is 11.9 Å². The van der Waals surface area contributed by atoms with E-state index in [1.54, 1.807) is 6.92 Å². The lowest BCUT2D eigenvalue weighted by molar-refractivity contribution is -0.145. The summed E-state index contributed by atoms with van der Waals surface area (Å²) in [6.07, 6.45) is 0.936. The topological polar surface area (TPSA) is 95.9 Å². The number of benzene rings is 2. The average Bonchev–Trinajstić information content (AvgIpc) is 2.82. The Bertz CT molecular complexity index is 450. The largest absolute Gasteiger partial charge is 0.467 e. The molecule has 0 saturated heterocycles. The number of nitrogens with one attached hydrogen (secondary N) is 1. The second kappa shape index (κ2) is 26.5. The smallest absolute Gasteiger partial charge is 0.328 e. The number of carbonyl (C=O) groups is 2. The Kier molecular flexibility index (Phi) is 28.5. The van der Waals surface area contributed by atoms with E-state index in [0.717, 1.165) is 14.2 Å². The van der Waals surface area contributed by atoms with Gasteiger partial charge in [-0.1, -0.05) is 86.6 Å². The third kappa shape index (κ3) is 21.3. The van der Waals surface area contributed by atoms with Crippen molar-refractivity contribution in [2.75, 3.05) is 21.3 Å². The van der Waals surface area contributed by atoms with Crippen LogP contribution in [-0.2, 0) is 14.3 Å². The van der Waals surface area contributed by atoms with E-state index in [-0.39, 0.29) is 11.9 Å². The first kappa shape index (κ1) is 30.0. The van der Waals surface area contributed by atoms with Gasteiger partial charge in [0.05, 0.1) is 7.11 Å². The zero-order valence-electron chi connectivity index (χ0n) is 17.5. The van der Waals surface area contributed by atoms with Crippen molar-refractivity contribution in [3.05, 3.63) is 72.8 Å². The molecule has 2 rings (SSSR count). The molecule has 2 aromatic carbocycles. The predicted octanol–water partition coefficient (Wildman–Crippen LogP) is 3.05. The Balaban J connectivity index is -0.000000327. The highest BCUT2D eigenvalue weighted by atomic mass is 16.5. The minimum absolute atomic E-state index is 0.132. The van der Waals surface area contributed by atoms with Crippen molar-refractivity contribution in [3.8, 4) is 0 Å². The molecule has 0 spiro atoms. The summed E-state index contributed by atoms with van der Waals surface area (Å²) >= 11 is 0. The van der Waals surface area contributed by atoms with E-state index in [1.165, 1.54) is 7.11 Å². The highest BCUT2D eigenvalue weighted by Gasteiger charge is 2.17. The fourth-order valence-electron chi connectivity index (χ4n) is 1.54. The molecule has 0 bridgehead atoms. The number of carbonyl (C=O) groups excluding carboxylic acids is 2.